The molecule has 0 amide bonds. The third kappa shape index (κ3) is 7.47. The van der Waals surface area contributed by atoms with Crippen LogP contribution in [0, 0.1) is 0 Å². The highest BCUT2D eigenvalue weighted by molar-refractivity contribution is 5.99. The van der Waals surface area contributed by atoms with Crippen LogP contribution in [0.4, 0.5) is 17.1 Å². The number of nitrogens with zero attached hydrogens (tertiary/aromatic N) is 1. The van der Waals surface area contributed by atoms with Gasteiger partial charge >= 0.3 is 0 Å². The molecule has 0 fully saturated rings. The summed E-state index contributed by atoms with van der Waals surface area (Å²) in [5.41, 5.74) is 17.4. The van der Waals surface area contributed by atoms with Gasteiger partial charge in [0.05, 0.1) is 5.69 Å². The van der Waals surface area contributed by atoms with Gasteiger partial charge in [0, 0.05) is 16.9 Å². The first kappa shape index (κ1) is 37.7. The summed E-state index contributed by atoms with van der Waals surface area (Å²) >= 11 is 0. The van der Waals surface area contributed by atoms with Gasteiger partial charge in [0.25, 0.3) is 0 Å². The van der Waals surface area contributed by atoms with Crippen LogP contribution in [-0.4, -0.2) is 0 Å². The number of rotatable bonds is 9. The van der Waals surface area contributed by atoms with Gasteiger partial charge in [-0.3, -0.25) is 0 Å². The van der Waals surface area contributed by atoms with E-state index in [1.54, 1.807) is 0 Å². The van der Waals surface area contributed by atoms with E-state index in [0.29, 0.717) is 0 Å². The van der Waals surface area contributed by atoms with E-state index in [-0.39, 0.29) is 0 Å². The van der Waals surface area contributed by atoms with Crippen molar-refractivity contribution < 1.29 is 0 Å². The molecule has 0 aromatic heterocycles. The number of fused-ring (bicyclic) bond motifs is 2. The van der Waals surface area contributed by atoms with E-state index in [2.05, 4.69) is 266 Å². The van der Waals surface area contributed by atoms with Gasteiger partial charge in [-0.2, -0.15) is 0 Å². The Morgan fingerprint density at radius 3 is 1.32 bits per heavy atom. The van der Waals surface area contributed by atoms with Crippen LogP contribution < -0.4 is 4.90 Å². The van der Waals surface area contributed by atoms with Gasteiger partial charge in [-0.25, -0.2) is 0 Å². The van der Waals surface area contributed by atoms with Crippen LogP contribution in [-0.2, 0) is 0 Å². The zero-order chi connectivity index (χ0) is 42.0. The van der Waals surface area contributed by atoms with E-state index in [1.165, 1.54) is 77.2 Å². The van der Waals surface area contributed by atoms with Gasteiger partial charge in [0.15, 0.2) is 0 Å². The molecule has 0 bridgehead atoms. The molecule has 0 aliphatic heterocycles. The lowest BCUT2D eigenvalue weighted by Crippen LogP contribution is -2.11. The molecule has 0 radical (unpaired) electrons. The summed E-state index contributed by atoms with van der Waals surface area (Å²) in [7, 11) is 0. The Hall–Kier alpha value is -8.26. The third-order valence-corrected chi connectivity index (χ3v) is 12.3. The highest BCUT2D eigenvalue weighted by Crippen LogP contribution is 2.47. The van der Waals surface area contributed by atoms with E-state index in [4.69, 9.17) is 0 Å². The molecule has 63 heavy (non-hydrogen) atoms. The Bertz CT molecular complexity index is 3380. The van der Waals surface area contributed by atoms with Crippen molar-refractivity contribution in [3.05, 3.63) is 261 Å². The molecule has 1 nitrogen and oxygen atoms in total. The van der Waals surface area contributed by atoms with Crippen molar-refractivity contribution in [1.29, 1.82) is 0 Å². The minimum Gasteiger partial charge on any atom is -0.310 e. The van der Waals surface area contributed by atoms with E-state index >= 15 is 0 Å². The molecule has 0 saturated heterocycles. The molecule has 11 aromatic rings. The summed E-state index contributed by atoms with van der Waals surface area (Å²) in [6.07, 6.45) is 0. The first-order valence-corrected chi connectivity index (χ1v) is 21.7. The maximum atomic E-state index is 2.44. The highest BCUT2D eigenvalue weighted by atomic mass is 15.1. The monoisotopic (exact) mass is 801 g/mol. The zero-order valence-corrected chi connectivity index (χ0v) is 34.8. The molecular weight excluding hydrogens is 759 g/mol. The van der Waals surface area contributed by atoms with Gasteiger partial charge in [-0.15, -0.1) is 0 Å². The van der Waals surface area contributed by atoms with Crippen molar-refractivity contribution >= 4 is 38.6 Å². The topological polar surface area (TPSA) is 3.24 Å². The maximum absolute atomic E-state index is 2.44. The van der Waals surface area contributed by atoms with Crippen LogP contribution in [0.3, 0.4) is 0 Å². The lowest BCUT2D eigenvalue weighted by Gasteiger charge is -2.29. The molecular formula is C62H43N. The lowest BCUT2D eigenvalue weighted by molar-refractivity contribution is 1.28. The standard InChI is InChI=1S/C62H43N/c1-3-16-44(17-4-1)54-36-39-59(58-27-12-11-26-57(58)48-20-5-2-6-21-48)61(43-54)60-28-13-14-29-62(60)63(55-37-34-47(35-38-55)52-32-30-45-18-7-9-22-49(45)40-52)56-25-15-24-51(42-56)53-33-31-46-19-8-10-23-50(46)41-53/h1-43H. The Balaban J connectivity index is 1.11. The Morgan fingerprint density at radius 2 is 0.635 bits per heavy atom. The Morgan fingerprint density at radius 1 is 0.190 bits per heavy atom. The molecule has 0 aliphatic carbocycles. The van der Waals surface area contributed by atoms with E-state index in [9.17, 15) is 0 Å². The molecule has 0 aliphatic rings. The molecule has 0 heterocycles. The van der Waals surface area contributed by atoms with Crippen LogP contribution in [0.25, 0.3) is 88.3 Å². The number of para-hydroxylation sites is 1. The van der Waals surface area contributed by atoms with Crippen LogP contribution in [0.2, 0.25) is 0 Å². The second kappa shape index (κ2) is 16.7. The van der Waals surface area contributed by atoms with Crippen LogP contribution in [0.15, 0.2) is 261 Å². The lowest BCUT2D eigenvalue weighted by atomic mass is 9.86. The maximum Gasteiger partial charge on any atom is 0.0540 e. The summed E-state index contributed by atoms with van der Waals surface area (Å²) in [5, 5.41) is 4.95. The Labute approximate surface area is 369 Å². The molecule has 0 atom stereocenters. The molecule has 0 saturated carbocycles. The van der Waals surface area contributed by atoms with Crippen molar-refractivity contribution in [3.63, 3.8) is 0 Å². The van der Waals surface area contributed by atoms with Crippen molar-refractivity contribution in [3.8, 4) is 66.8 Å². The van der Waals surface area contributed by atoms with Crippen LogP contribution in [0.5, 0.6) is 0 Å². The van der Waals surface area contributed by atoms with Crippen LogP contribution in [0.1, 0.15) is 0 Å². The minimum absolute atomic E-state index is 1.08. The molecule has 296 valence electrons. The average Bonchev–Trinajstić information content (AvgIpc) is 3.37. The zero-order valence-electron chi connectivity index (χ0n) is 34.8. The predicted molar refractivity (Wildman–Crippen MR) is 269 cm³/mol. The summed E-state index contributed by atoms with van der Waals surface area (Å²) in [6, 6.07) is 94.9. The van der Waals surface area contributed by atoms with Gasteiger partial charge < -0.3 is 4.90 Å². The average molecular weight is 802 g/mol. The second-order valence-electron chi connectivity index (χ2n) is 16.1. The quantitative estimate of drug-likeness (QED) is 0.141. The third-order valence-electron chi connectivity index (χ3n) is 12.3. The van der Waals surface area contributed by atoms with Crippen molar-refractivity contribution in [2.24, 2.45) is 0 Å². The first-order chi connectivity index (χ1) is 31.2. The van der Waals surface area contributed by atoms with Gasteiger partial charge in [0.2, 0.25) is 0 Å². The van der Waals surface area contributed by atoms with Gasteiger partial charge in [-0.1, -0.05) is 212 Å². The molecule has 11 aromatic carbocycles. The summed E-state index contributed by atoms with van der Waals surface area (Å²) < 4.78 is 0. The van der Waals surface area contributed by atoms with E-state index < -0.39 is 0 Å². The fourth-order valence-electron chi connectivity index (χ4n) is 9.09. The summed E-state index contributed by atoms with van der Waals surface area (Å²) in [6.45, 7) is 0. The van der Waals surface area contributed by atoms with E-state index in [0.717, 1.165) is 28.2 Å². The van der Waals surface area contributed by atoms with Crippen LogP contribution >= 0.6 is 0 Å². The predicted octanol–water partition coefficient (Wildman–Crippen LogP) is 17.5. The fourth-order valence-corrected chi connectivity index (χ4v) is 9.09. The summed E-state index contributed by atoms with van der Waals surface area (Å²) in [4.78, 5) is 2.44. The SMILES string of the molecule is c1ccc(-c2ccc(-c3ccccc3-c3ccccc3)c(-c3ccccc3N(c3ccc(-c4ccc5ccccc5c4)cc3)c3cccc(-c4ccc5ccccc5c4)c3)c2)cc1. The number of anilines is 3. The van der Waals surface area contributed by atoms with Crippen molar-refractivity contribution in [1.82, 2.24) is 0 Å². The number of hydrogen-bond acceptors (Lipinski definition) is 1. The molecule has 0 N–H and O–H groups in total. The van der Waals surface area contributed by atoms with Gasteiger partial charge in [0.1, 0.15) is 0 Å². The summed E-state index contributed by atoms with van der Waals surface area (Å²) in [5.74, 6) is 0. The van der Waals surface area contributed by atoms with Crippen molar-refractivity contribution in [2.45, 2.75) is 0 Å². The molecule has 0 spiro atoms. The normalized spacial score (nSPS) is 11.2. The minimum atomic E-state index is 1.08. The second-order valence-corrected chi connectivity index (χ2v) is 16.1. The Kier molecular flexibility index (Phi) is 9.97. The van der Waals surface area contributed by atoms with Gasteiger partial charge in [-0.05, 0) is 131 Å². The largest absolute Gasteiger partial charge is 0.310 e. The highest BCUT2D eigenvalue weighted by Gasteiger charge is 2.22. The molecule has 1 heteroatoms. The fraction of sp³-hybridized carbons (Fsp3) is 0. The first-order valence-electron chi connectivity index (χ1n) is 21.7. The smallest absolute Gasteiger partial charge is 0.0540 e. The number of hydrogen-bond donors (Lipinski definition) is 0. The van der Waals surface area contributed by atoms with Crippen molar-refractivity contribution in [2.75, 3.05) is 4.90 Å². The molecule has 11 rings (SSSR count). The number of benzene rings is 11. The van der Waals surface area contributed by atoms with E-state index in [1.807, 2.05) is 0 Å². The molecule has 0 unspecified atom stereocenters.